The Morgan fingerprint density at radius 3 is 2.50 bits per heavy atom. The zero-order chi connectivity index (χ0) is 14.7. The van der Waals surface area contributed by atoms with Crippen molar-refractivity contribution in [3.05, 3.63) is 35.0 Å². The second-order valence-electron chi connectivity index (χ2n) is 4.50. The van der Waals surface area contributed by atoms with Gasteiger partial charge in [-0.1, -0.05) is 11.6 Å². The predicted molar refractivity (Wildman–Crippen MR) is 75.6 cm³/mol. The Hall–Kier alpha value is -1.72. The number of cyclic esters (lactones) is 1. The first-order chi connectivity index (χ1) is 9.51. The van der Waals surface area contributed by atoms with Crippen molar-refractivity contribution in [1.82, 2.24) is 0 Å². The topological polar surface area (TPSA) is 56.8 Å². The lowest BCUT2D eigenvalue weighted by molar-refractivity contribution is -0.165. The maximum absolute atomic E-state index is 11.5. The number of anilines is 1. The molecule has 1 aromatic carbocycles. The SMILES string of the molecule is COc1ccc(NC2=C(Cl)C(=O)O[C@@H]2OC(C)C)cc1. The van der Waals surface area contributed by atoms with Gasteiger partial charge in [-0.05, 0) is 38.1 Å². The highest BCUT2D eigenvalue weighted by molar-refractivity contribution is 6.42. The summed E-state index contributed by atoms with van der Waals surface area (Å²) in [4.78, 5) is 11.5. The number of hydrogen-bond acceptors (Lipinski definition) is 5. The number of esters is 1. The maximum Gasteiger partial charge on any atom is 0.354 e. The molecule has 1 aliphatic rings. The van der Waals surface area contributed by atoms with E-state index in [9.17, 15) is 4.79 Å². The van der Waals surface area contributed by atoms with Crippen molar-refractivity contribution in [1.29, 1.82) is 0 Å². The molecule has 2 rings (SSSR count). The highest BCUT2D eigenvalue weighted by Gasteiger charge is 2.34. The first-order valence-electron chi connectivity index (χ1n) is 6.18. The Bertz CT molecular complexity index is 524. The van der Waals surface area contributed by atoms with E-state index in [1.165, 1.54) is 0 Å². The molecule has 5 nitrogen and oxygen atoms in total. The summed E-state index contributed by atoms with van der Waals surface area (Å²) in [6.07, 6.45) is -0.903. The van der Waals surface area contributed by atoms with Crippen LogP contribution in [0.4, 0.5) is 5.69 Å². The molecule has 0 aromatic heterocycles. The second-order valence-corrected chi connectivity index (χ2v) is 4.88. The summed E-state index contributed by atoms with van der Waals surface area (Å²) < 4.78 is 15.7. The molecule has 0 amide bonds. The van der Waals surface area contributed by atoms with Gasteiger partial charge in [-0.2, -0.15) is 0 Å². The Kier molecular flexibility index (Phi) is 4.52. The monoisotopic (exact) mass is 297 g/mol. The lowest BCUT2D eigenvalue weighted by Gasteiger charge is -2.18. The Morgan fingerprint density at radius 2 is 1.95 bits per heavy atom. The molecular weight excluding hydrogens is 282 g/mol. The Labute approximate surface area is 122 Å². The van der Waals surface area contributed by atoms with Gasteiger partial charge < -0.3 is 19.5 Å². The molecule has 0 aliphatic carbocycles. The van der Waals surface area contributed by atoms with E-state index in [0.717, 1.165) is 11.4 Å². The summed E-state index contributed by atoms with van der Waals surface area (Å²) in [7, 11) is 1.60. The summed E-state index contributed by atoms with van der Waals surface area (Å²) in [6.45, 7) is 3.70. The lowest BCUT2D eigenvalue weighted by Crippen LogP contribution is -2.23. The number of halogens is 1. The van der Waals surface area contributed by atoms with E-state index in [0.29, 0.717) is 5.70 Å². The van der Waals surface area contributed by atoms with E-state index in [1.54, 1.807) is 19.2 Å². The molecular formula is C14H16ClNO4. The number of hydrogen-bond donors (Lipinski definition) is 1. The van der Waals surface area contributed by atoms with E-state index in [4.69, 9.17) is 25.8 Å². The molecule has 0 spiro atoms. The normalized spacial score (nSPS) is 18.4. The summed E-state index contributed by atoms with van der Waals surface area (Å²) in [5.74, 6) is 0.151. The van der Waals surface area contributed by atoms with Crippen LogP contribution in [0, 0.1) is 0 Å². The minimum absolute atomic E-state index is 0.00599. The van der Waals surface area contributed by atoms with Crippen molar-refractivity contribution in [2.75, 3.05) is 12.4 Å². The number of methoxy groups -OCH3 is 1. The van der Waals surface area contributed by atoms with Crippen LogP contribution in [0.1, 0.15) is 13.8 Å². The van der Waals surface area contributed by atoms with Crippen molar-refractivity contribution in [2.45, 2.75) is 26.2 Å². The Morgan fingerprint density at radius 1 is 1.30 bits per heavy atom. The maximum atomic E-state index is 11.5. The van der Waals surface area contributed by atoms with Gasteiger partial charge in [0.15, 0.2) is 5.03 Å². The molecule has 6 heteroatoms. The van der Waals surface area contributed by atoms with Gasteiger partial charge in [0, 0.05) is 5.69 Å². The van der Waals surface area contributed by atoms with Crippen molar-refractivity contribution >= 4 is 23.3 Å². The van der Waals surface area contributed by atoms with Gasteiger partial charge in [0.25, 0.3) is 0 Å². The van der Waals surface area contributed by atoms with E-state index in [1.807, 2.05) is 26.0 Å². The van der Waals surface area contributed by atoms with Gasteiger partial charge in [-0.15, -0.1) is 0 Å². The number of carbonyl (C=O) groups is 1. The smallest absolute Gasteiger partial charge is 0.354 e. The number of rotatable bonds is 5. The van der Waals surface area contributed by atoms with Crippen molar-refractivity contribution in [3.8, 4) is 5.75 Å². The fraction of sp³-hybridized carbons (Fsp3) is 0.357. The molecule has 1 heterocycles. The van der Waals surface area contributed by atoms with Crippen molar-refractivity contribution in [3.63, 3.8) is 0 Å². The fourth-order valence-electron chi connectivity index (χ4n) is 1.71. The average molecular weight is 298 g/mol. The number of benzene rings is 1. The number of nitrogens with one attached hydrogen (secondary N) is 1. The molecule has 0 saturated carbocycles. The first kappa shape index (κ1) is 14.7. The van der Waals surface area contributed by atoms with Crippen molar-refractivity contribution in [2.24, 2.45) is 0 Å². The molecule has 1 atom stereocenters. The largest absolute Gasteiger partial charge is 0.497 e. The van der Waals surface area contributed by atoms with Gasteiger partial charge in [0.05, 0.1) is 13.2 Å². The fourth-order valence-corrected chi connectivity index (χ4v) is 1.89. The first-order valence-corrected chi connectivity index (χ1v) is 6.56. The minimum Gasteiger partial charge on any atom is -0.497 e. The summed E-state index contributed by atoms with van der Waals surface area (Å²) in [5.41, 5.74) is 1.17. The molecule has 1 aliphatic heterocycles. The van der Waals surface area contributed by atoms with Gasteiger partial charge in [-0.3, -0.25) is 0 Å². The molecule has 0 unspecified atom stereocenters. The minimum atomic E-state index is -0.808. The zero-order valence-electron chi connectivity index (χ0n) is 11.5. The van der Waals surface area contributed by atoms with E-state index in [2.05, 4.69) is 5.32 Å². The number of ether oxygens (including phenoxy) is 3. The van der Waals surface area contributed by atoms with Gasteiger partial charge >= 0.3 is 5.97 Å². The highest BCUT2D eigenvalue weighted by atomic mass is 35.5. The zero-order valence-corrected chi connectivity index (χ0v) is 12.2. The van der Waals surface area contributed by atoms with Crippen LogP contribution in [-0.2, 0) is 14.3 Å². The van der Waals surface area contributed by atoms with Gasteiger partial charge in [0.1, 0.15) is 11.4 Å². The van der Waals surface area contributed by atoms with Crippen LogP contribution < -0.4 is 10.1 Å². The van der Waals surface area contributed by atoms with Crippen LogP contribution in [0.25, 0.3) is 0 Å². The van der Waals surface area contributed by atoms with Crippen LogP contribution in [0.2, 0.25) is 0 Å². The predicted octanol–water partition coefficient (Wildman–Crippen LogP) is 2.87. The third-order valence-electron chi connectivity index (χ3n) is 2.63. The molecule has 20 heavy (non-hydrogen) atoms. The molecule has 1 N–H and O–H groups in total. The van der Waals surface area contributed by atoms with Crippen LogP contribution >= 0.6 is 11.6 Å². The molecule has 0 bridgehead atoms. The standard InChI is InChI=1S/C14H16ClNO4/c1-8(2)19-14-12(11(15)13(17)20-14)16-9-4-6-10(18-3)7-5-9/h4-8,14,16H,1-3H3/t14-/m0/s1. The Balaban J connectivity index is 2.17. The molecule has 0 fully saturated rings. The third kappa shape index (κ3) is 3.23. The quantitative estimate of drug-likeness (QED) is 0.847. The molecule has 0 saturated heterocycles. The summed E-state index contributed by atoms with van der Waals surface area (Å²) >= 11 is 5.95. The third-order valence-corrected chi connectivity index (χ3v) is 2.99. The van der Waals surface area contributed by atoms with E-state index in [-0.39, 0.29) is 11.1 Å². The lowest BCUT2D eigenvalue weighted by atomic mass is 10.3. The van der Waals surface area contributed by atoms with E-state index >= 15 is 0 Å². The van der Waals surface area contributed by atoms with Crippen LogP contribution in [0.5, 0.6) is 5.75 Å². The van der Waals surface area contributed by atoms with Gasteiger partial charge in [0.2, 0.25) is 6.29 Å². The van der Waals surface area contributed by atoms with Crippen molar-refractivity contribution < 1.29 is 19.0 Å². The molecule has 1 aromatic rings. The van der Waals surface area contributed by atoms with Gasteiger partial charge in [-0.25, -0.2) is 4.79 Å². The van der Waals surface area contributed by atoms with Crippen LogP contribution in [-0.4, -0.2) is 25.5 Å². The van der Waals surface area contributed by atoms with Crippen LogP contribution in [0.3, 0.4) is 0 Å². The van der Waals surface area contributed by atoms with Crippen LogP contribution in [0.15, 0.2) is 35.0 Å². The number of carbonyl (C=O) groups excluding carboxylic acids is 1. The highest BCUT2D eigenvalue weighted by Crippen LogP contribution is 2.29. The summed E-state index contributed by atoms with van der Waals surface area (Å²) in [6, 6.07) is 7.22. The average Bonchev–Trinajstić information content (AvgIpc) is 2.67. The molecule has 0 radical (unpaired) electrons. The van der Waals surface area contributed by atoms with E-state index < -0.39 is 12.3 Å². The summed E-state index contributed by atoms with van der Waals surface area (Å²) in [5, 5.41) is 3.06. The molecule has 108 valence electrons. The second kappa shape index (κ2) is 6.15.